The summed E-state index contributed by atoms with van der Waals surface area (Å²) in [6.45, 7) is 13.3. The van der Waals surface area contributed by atoms with Crippen molar-refractivity contribution in [1.29, 1.82) is 0 Å². The van der Waals surface area contributed by atoms with Gasteiger partial charge in [0.25, 0.3) is 0 Å². The van der Waals surface area contributed by atoms with Crippen molar-refractivity contribution < 1.29 is 15.0 Å². The van der Waals surface area contributed by atoms with Gasteiger partial charge >= 0.3 is 0 Å². The summed E-state index contributed by atoms with van der Waals surface area (Å²) in [5, 5.41) is 22.0. The Labute approximate surface area is 190 Å². The third-order valence-electron chi connectivity index (χ3n) is 11.2. The van der Waals surface area contributed by atoms with Gasteiger partial charge in [-0.1, -0.05) is 53.7 Å². The summed E-state index contributed by atoms with van der Waals surface area (Å²) in [7, 11) is 0. The highest BCUT2D eigenvalue weighted by Gasteiger charge is 2.62. The second-order valence-corrected chi connectivity index (χ2v) is 12.7. The molecule has 31 heavy (non-hydrogen) atoms. The average Bonchev–Trinajstić information content (AvgIpc) is 3.08. The number of aliphatic hydroxyl groups is 2. The fourth-order valence-corrected chi connectivity index (χ4v) is 8.81. The molecule has 0 aromatic heterocycles. The SMILES string of the molecule is CC(C)[C@@H](C)[C@@H](O)[C@H](O)[C@@H](C)[C@@H]1CC[C@@H]2[C@@H]3CC(=O)[C@H]4CC=CC[C@]4(C)[C@H]3CC[C@@]21C. The van der Waals surface area contributed by atoms with Gasteiger partial charge in [-0.15, -0.1) is 0 Å². The van der Waals surface area contributed by atoms with E-state index in [9.17, 15) is 15.0 Å². The molecule has 0 saturated heterocycles. The summed E-state index contributed by atoms with van der Waals surface area (Å²) in [4.78, 5) is 13.2. The van der Waals surface area contributed by atoms with E-state index in [1.54, 1.807) is 0 Å². The zero-order valence-electron chi connectivity index (χ0n) is 20.7. The van der Waals surface area contributed by atoms with Crippen molar-refractivity contribution in [2.45, 2.75) is 98.7 Å². The predicted molar refractivity (Wildman–Crippen MR) is 125 cm³/mol. The fourth-order valence-electron chi connectivity index (χ4n) is 8.81. The Morgan fingerprint density at radius 3 is 2.29 bits per heavy atom. The van der Waals surface area contributed by atoms with E-state index in [1.807, 2.05) is 0 Å². The van der Waals surface area contributed by atoms with Crippen LogP contribution >= 0.6 is 0 Å². The van der Waals surface area contributed by atoms with Crippen molar-refractivity contribution in [3.63, 3.8) is 0 Å². The standard InChI is InChI=1S/C28H46O3/c1-16(2)17(3)25(30)26(31)18(4)20-10-11-21-19-15-24(29)23-9-7-8-13-27(23,5)22(19)12-14-28(20,21)6/h7-8,16-23,25-26,30-31H,9-15H2,1-6H3/t17-,18+,19+,20+,21-,22+,23-,25-,26-,27-,28-/m1/s1. The number of carbonyl (C=O) groups is 1. The molecule has 3 fully saturated rings. The van der Waals surface area contributed by atoms with Gasteiger partial charge in [0.1, 0.15) is 5.78 Å². The zero-order valence-corrected chi connectivity index (χ0v) is 20.7. The van der Waals surface area contributed by atoms with Crippen molar-refractivity contribution in [2.24, 2.45) is 58.2 Å². The van der Waals surface area contributed by atoms with Crippen LogP contribution in [-0.2, 0) is 4.79 Å². The largest absolute Gasteiger partial charge is 0.390 e. The van der Waals surface area contributed by atoms with Crippen molar-refractivity contribution in [2.75, 3.05) is 0 Å². The molecule has 4 rings (SSSR count). The molecular weight excluding hydrogens is 384 g/mol. The monoisotopic (exact) mass is 430 g/mol. The molecule has 0 aliphatic heterocycles. The number of hydrogen-bond donors (Lipinski definition) is 2. The number of rotatable bonds is 5. The van der Waals surface area contributed by atoms with Gasteiger partial charge in [-0.25, -0.2) is 0 Å². The van der Waals surface area contributed by atoms with E-state index in [2.05, 4.69) is 53.7 Å². The molecule has 2 N–H and O–H groups in total. The van der Waals surface area contributed by atoms with Crippen LogP contribution in [0.25, 0.3) is 0 Å². The molecule has 0 aromatic carbocycles. The molecule has 3 heteroatoms. The highest BCUT2D eigenvalue weighted by molar-refractivity contribution is 5.83. The number of aliphatic hydroxyl groups excluding tert-OH is 2. The molecule has 11 atom stereocenters. The number of allylic oxidation sites excluding steroid dienone is 2. The van der Waals surface area contributed by atoms with Gasteiger partial charge in [-0.2, -0.15) is 0 Å². The summed E-state index contributed by atoms with van der Waals surface area (Å²) in [5.74, 6) is 3.44. The lowest BCUT2D eigenvalue weighted by atomic mass is 9.45. The highest BCUT2D eigenvalue weighted by atomic mass is 16.3. The van der Waals surface area contributed by atoms with Gasteiger partial charge in [-0.05, 0) is 90.8 Å². The molecule has 4 aliphatic rings. The lowest BCUT2D eigenvalue weighted by molar-refractivity contribution is -0.151. The van der Waals surface area contributed by atoms with Crippen LogP contribution in [0.1, 0.15) is 86.5 Å². The van der Waals surface area contributed by atoms with Gasteiger partial charge in [0.05, 0.1) is 12.2 Å². The van der Waals surface area contributed by atoms with Gasteiger partial charge < -0.3 is 10.2 Å². The van der Waals surface area contributed by atoms with E-state index in [0.29, 0.717) is 35.4 Å². The number of Topliss-reactive ketones (excluding diaryl/α,β-unsaturated/α-hetero) is 1. The Kier molecular flexibility index (Phi) is 6.27. The minimum atomic E-state index is -0.672. The Balaban J connectivity index is 1.55. The smallest absolute Gasteiger partial charge is 0.137 e. The van der Waals surface area contributed by atoms with Crippen molar-refractivity contribution in [3.05, 3.63) is 12.2 Å². The van der Waals surface area contributed by atoms with E-state index in [-0.39, 0.29) is 28.6 Å². The molecule has 176 valence electrons. The molecule has 3 nitrogen and oxygen atoms in total. The first-order valence-electron chi connectivity index (χ1n) is 13.1. The van der Waals surface area contributed by atoms with Crippen LogP contribution in [0.5, 0.6) is 0 Å². The molecule has 0 aromatic rings. The molecule has 4 aliphatic carbocycles. The summed E-state index contributed by atoms with van der Waals surface area (Å²) in [6.07, 6.45) is 10.7. The van der Waals surface area contributed by atoms with Crippen LogP contribution in [0.15, 0.2) is 12.2 Å². The van der Waals surface area contributed by atoms with Crippen LogP contribution in [0.2, 0.25) is 0 Å². The Hall–Kier alpha value is -0.670. The van der Waals surface area contributed by atoms with Crippen LogP contribution in [0.3, 0.4) is 0 Å². The first-order chi connectivity index (χ1) is 14.5. The first kappa shape index (κ1) is 23.5. The zero-order chi connectivity index (χ0) is 22.7. The molecule has 0 spiro atoms. The second-order valence-electron chi connectivity index (χ2n) is 12.7. The number of fused-ring (bicyclic) bond motifs is 5. The summed E-state index contributed by atoms with van der Waals surface area (Å²) >= 11 is 0. The molecule has 0 radical (unpaired) electrons. The summed E-state index contributed by atoms with van der Waals surface area (Å²) in [5.41, 5.74) is 0.318. The quantitative estimate of drug-likeness (QED) is 0.555. The van der Waals surface area contributed by atoms with Gasteiger partial charge in [0, 0.05) is 12.3 Å². The topological polar surface area (TPSA) is 57.5 Å². The van der Waals surface area contributed by atoms with E-state index >= 15 is 0 Å². The van der Waals surface area contributed by atoms with Gasteiger partial charge in [-0.3, -0.25) is 4.79 Å². The Morgan fingerprint density at radius 2 is 1.61 bits per heavy atom. The molecule has 0 heterocycles. The number of carbonyl (C=O) groups excluding carboxylic acids is 1. The van der Waals surface area contributed by atoms with E-state index in [4.69, 9.17) is 0 Å². The van der Waals surface area contributed by atoms with Crippen LogP contribution in [0, 0.1) is 58.2 Å². The number of ketones is 1. The molecular formula is C28H46O3. The minimum Gasteiger partial charge on any atom is -0.390 e. The Bertz CT molecular complexity index is 713. The third-order valence-corrected chi connectivity index (χ3v) is 11.2. The maximum absolute atomic E-state index is 13.2. The minimum absolute atomic E-state index is 0.0861. The van der Waals surface area contributed by atoms with Crippen molar-refractivity contribution >= 4 is 5.78 Å². The maximum atomic E-state index is 13.2. The number of hydrogen-bond acceptors (Lipinski definition) is 3. The second kappa shape index (κ2) is 8.28. The van der Waals surface area contributed by atoms with E-state index in [1.165, 1.54) is 19.3 Å². The summed E-state index contributed by atoms with van der Waals surface area (Å²) < 4.78 is 0. The van der Waals surface area contributed by atoms with Crippen LogP contribution in [0.4, 0.5) is 0 Å². The summed E-state index contributed by atoms with van der Waals surface area (Å²) in [6, 6.07) is 0. The highest BCUT2D eigenvalue weighted by Crippen LogP contribution is 2.67. The van der Waals surface area contributed by atoms with E-state index < -0.39 is 12.2 Å². The van der Waals surface area contributed by atoms with E-state index in [0.717, 1.165) is 25.7 Å². The molecule has 3 saturated carbocycles. The van der Waals surface area contributed by atoms with Crippen molar-refractivity contribution in [1.82, 2.24) is 0 Å². The lowest BCUT2D eigenvalue weighted by Crippen LogP contribution is -2.56. The van der Waals surface area contributed by atoms with Gasteiger partial charge in [0.15, 0.2) is 0 Å². The lowest BCUT2D eigenvalue weighted by Gasteiger charge is -2.59. The van der Waals surface area contributed by atoms with Gasteiger partial charge in [0.2, 0.25) is 0 Å². The predicted octanol–water partition coefficient (Wildman–Crippen LogP) is 5.64. The fraction of sp³-hybridized carbons (Fsp3) is 0.893. The molecule has 0 bridgehead atoms. The average molecular weight is 431 g/mol. The third kappa shape index (κ3) is 3.57. The first-order valence-corrected chi connectivity index (χ1v) is 13.1. The molecule has 0 unspecified atom stereocenters. The van der Waals surface area contributed by atoms with Crippen LogP contribution in [-0.4, -0.2) is 28.2 Å². The van der Waals surface area contributed by atoms with Crippen LogP contribution < -0.4 is 0 Å². The normalized spacial score (nSPS) is 46.1. The molecule has 0 amide bonds. The maximum Gasteiger partial charge on any atom is 0.137 e. The van der Waals surface area contributed by atoms with Crippen molar-refractivity contribution in [3.8, 4) is 0 Å². The Morgan fingerprint density at radius 1 is 0.935 bits per heavy atom.